The molecule has 0 bridgehead atoms. The first-order valence-corrected chi connectivity index (χ1v) is 10.2. The summed E-state index contributed by atoms with van der Waals surface area (Å²) in [7, 11) is 0. The van der Waals surface area contributed by atoms with Gasteiger partial charge in [-0.15, -0.1) is 10.2 Å². The Morgan fingerprint density at radius 3 is 2.03 bits per heavy atom. The van der Waals surface area contributed by atoms with Crippen LogP contribution in [0, 0.1) is 10.1 Å². The molecule has 0 unspecified atom stereocenters. The fraction of sp³-hybridized carbons (Fsp3) is 0. The molecule has 2 aromatic heterocycles. The predicted molar refractivity (Wildman–Crippen MR) is 126 cm³/mol. The van der Waals surface area contributed by atoms with Crippen molar-refractivity contribution in [3.63, 3.8) is 0 Å². The van der Waals surface area contributed by atoms with E-state index in [-0.39, 0.29) is 5.69 Å². The summed E-state index contributed by atoms with van der Waals surface area (Å²) in [5.74, 6) is 0. The molecule has 0 aliphatic rings. The van der Waals surface area contributed by atoms with E-state index < -0.39 is 4.92 Å². The molecule has 0 aliphatic carbocycles. The molecule has 160 valence electrons. The average molecular weight is 434 g/mol. The third kappa shape index (κ3) is 4.05. The van der Waals surface area contributed by atoms with Crippen molar-refractivity contribution in [2.24, 2.45) is 5.10 Å². The smallest absolute Gasteiger partial charge is 0.269 e. The zero-order chi connectivity index (χ0) is 22.6. The molecule has 0 N–H and O–H groups in total. The van der Waals surface area contributed by atoms with Crippen molar-refractivity contribution < 1.29 is 4.92 Å². The number of non-ortho nitro benzene ring substituents is 1. The van der Waals surface area contributed by atoms with E-state index in [1.807, 2.05) is 60.7 Å². The number of nitro groups is 1. The molecule has 8 heteroatoms. The topological polar surface area (TPSA) is 91.1 Å². The second kappa shape index (κ2) is 8.72. The fourth-order valence-corrected chi connectivity index (χ4v) is 3.72. The van der Waals surface area contributed by atoms with E-state index in [1.165, 1.54) is 29.5 Å². The van der Waals surface area contributed by atoms with E-state index in [0.29, 0.717) is 0 Å². The highest BCUT2D eigenvalue weighted by molar-refractivity contribution is 5.93. The molecule has 0 radical (unpaired) electrons. The minimum absolute atomic E-state index is 0.0443. The van der Waals surface area contributed by atoms with Crippen molar-refractivity contribution in [1.29, 1.82) is 0 Å². The fourth-order valence-electron chi connectivity index (χ4n) is 3.72. The lowest BCUT2D eigenvalue weighted by molar-refractivity contribution is -0.384. The summed E-state index contributed by atoms with van der Waals surface area (Å²) in [6.45, 7) is 0. The van der Waals surface area contributed by atoms with E-state index in [0.717, 1.165) is 33.8 Å². The lowest BCUT2D eigenvalue weighted by Crippen LogP contribution is -2.01. The largest absolute Gasteiger partial charge is 0.309 e. The molecule has 0 saturated carbocycles. The number of nitro benzene ring substituents is 1. The maximum Gasteiger partial charge on any atom is 0.269 e. The third-order valence-electron chi connectivity index (χ3n) is 5.20. The zero-order valence-corrected chi connectivity index (χ0v) is 17.4. The maximum absolute atomic E-state index is 11.2. The average Bonchev–Trinajstić information content (AvgIpc) is 3.52. The van der Waals surface area contributed by atoms with E-state index in [4.69, 9.17) is 0 Å². The second-order valence-electron chi connectivity index (χ2n) is 7.26. The lowest BCUT2D eigenvalue weighted by atomic mass is 10.1. The summed E-state index contributed by atoms with van der Waals surface area (Å²) >= 11 is 0. The Balaban J connectivity index is 1.78. The Labute approximate surface area is 189 Å². The van der Waals surface area contributed by atoms with Crippen molar-refractivity contribution in [2.45, 2.75) is 0 Å². The van der Waals surface area contributed by atoms with Crippen LogP contribution in [0.1, 0.15) is 5.56 Å². The van der Waals surface area contributed by atoms with Gasteiger partial charge >= 0.3 is 0 Å². The molecule has 0 saturated heterocycles. The minimum Gasteiger partial charge on any atom is -0.309 e. The Morgan fingerprint density at radius 2 is 1.42 bits per heavy atom. The Hall–Kier alpha value is -4.85. The first kappa shape index (κ1) is 20.1. The van der Waals surface area contributed by atoms with Crippen LogP contribution in [-0.4, -0.2) is 30.6 Å². The van der Waals surface area contributed by atoms with Gasteiger partial charge in [0.05, 0.1) is 22.5 Å². The Morgan fingerprint density at radius 1 is 0.818 bits per heavy atom. The summed E-state index contributed by atoms with van der Waals surface area (Å²) in [5, 5.41) is 23.3. The number of hydrogen-bond acceptors (Lipinski definition) is 5. The van der Waals surface area contributed by atoms with Gasteiger partial charge in [-0.2, -0.15) is 5.10 Å². The molecule has 0 atom stereocenters. The molecular formula is C25H18N6O2. The zero-order valence-electron chi connectivity index (χ0n) is 17.4. The highest BCUT2D eigenvalue weighted by Crippen LogP contribution is 2.35. The second-order valence-corrected chi connectivity index (χ2v) is 7.26. The van der Waals surface area contributed by atoms with Gasteiger partial charge in [0.1, 0.15) is 12.7 Å². The van der Waals surface area contributed by atoms with Gasteiger partial charge in [0.15, 0.2) is 0 Å². The summed E-state index contributed by atoms with van der Waals surface area (Å²) in [6.07, 6.45) is 4.80. The molecule has 0 aliphatic heterocycles. The van der Waals surface area contributed by atoms with E-state index >= 15 is 0 Å². The third-order valence-corrected chi connectivity index (χ3v) is 5.20. The van der Waals surface area contributed by atoms with Gasteiger partial charge < -0.3 is 4.57 Å². The maximum atomic E-state index is 11.2. The molecule has 8 nitrogen and oxygen atoms in total. The highest BCUT2D eigenvalue weighted by Gasteiger charge is 2.19. The summed E-state index contributed by atoms with van der Waals surface area (Å²) in [6, 6.07) is 28.6. The number of rotatable bonds is 6. The van der Waals surface area contributed by atoms with Gasteiger partial charge in [-0.25, -0.2) is 4.68 Å². The number of aromatic nitrogens is 4. The standard InChI is InChI=1S/C25H18N6O2/c32-31(33)23-13-11-22(12-14-23)30-24(19-7-3-1-4-8-19)15-21(16-28-29-17-26-27-18-29)25(30)20-9-5-2-6-10-20/h1-18H. The van der Waals surface area contributed by atoms with Crippen LogP contribution in [0.15, 0.2) is 109 Å². The van der Waals surface area contributed by atoms with E-state index in [9.17, 15) is 10.1 Å². The number of hydrogen-bond donors (Lipinski definition) is 0. The van der Waals surface area contributed by atoms with Crippen LogP contribution in [0.2, 0.25) is 0 Å². The van der Waals surface area contributed by atoms with Gasteiger partial charge in [-0.3, -0.25) is 10.1 Å². The van der Waals surface area contributed by atoms with Crippen LogP contribution < -0.4 is 0 Å². The van der Waals surface area contributed by atoms with E-state index in [1.54, 1.807) is 18.3 Å². The first-order chi connectivity index (χ1) is 16.2. The minimum atomic E-state index is -0.396. The van der Waals surface area contributed by atoms with Gasteiger partial charge in [-0.05, 0) is 29.3 Å². The van der Waals surface area contributed by atoms with Crippen LogP contribution in [0.3, 0.4) is 0 Å². The highest BCUT2D eigenvalue weighted by atomic mass is 16.6. The lowest BCUT2D eigenvalue weighted by Gasteiger charge is -2.15. The van der Waals surface area contributed by atoms with Gasteiger partial charge in [-0.1, -0.05) is 60.7 Å². The van der Waals surface area contributed by atoms with Crippen molar-refractivity contribution >= 4 is 11.9 Å². The molecule has 3 aromatic carbocycles. The molecule has 5 rings (SSSR count). The molecule has 0 amide bonds. The molecule has 33 heavy (non-hydrogen) atoms. The SMILES string of the molecule is O=[N+]([O-])c1ccc(-n2c(-c3ccccc3)cc(C=Nn3cnnc3)c2-c2ccccc2)cc1. The van der Waals surface area contributed by atoms with Crippen LogP contribution >= 0.6 is 0 Å². The monoisotopic (exact) mass is 434 g/mol. The molecule has 0 fully saturated rings. The summed E-state index contributed by atoms with van der Waals surface area (Å²) in [4.78, 5) is 10.8. The van der Waals surface area contributed by atoms with Crippen LogP contribution in [0.25, 0.3) is 28.2 Å². The molecule has 0 spiro atoms. The van der Waals surface area contributed by atoms with Crippen molar-refractivity contribution in [1.82, 2.24) is 19.4 Å². The Kier molecular flexibility index (Phi) is 5.30. The van der Waals surface area contributed by atoms with Gasteiger partial charge in [0.2, 0.25) is 0 Å². The normalized spacial score (nSPS) is 11.2. The van der Waals surface area contributed by atoms with Gasteiger partial charge in [0, 0.05) is 23.4 Å². The summed E-state index contributed by atoms with van der Waals surface area (Å²) < 4.78 is 3.63. The number of nitrogens with zero attached hydrogens (tertiary/aromatic N) is 6. The van der Waals surface area contributed by atoms with Crippen molar-refractivity contribution in [3.05, 3.63) is 119 Å². The van der Waals surface area contributed by atoms with E-state index in [2.05, 4.69) is 25.9 Å². The van der Waals surface area contributed by atoms with Crippen molar-refractivity contribution in [3.8, 4) is 28.2 Å². The molecule has 5 aromatic rings. The quantitative estimate of drug-likeness (QED) is 0.209. The first-order valence-electron chi connectivity index (χ1n) is 10.2. The summed E-state index contributed by atoms with van der Waals surface area (Å²) in [5.41, 5.74) is 5.59. The Bertz CT molecular complexity index is 1410. The number of benzene rings is 3. The molecule has 2 heterocycles. The van der Waals surface area contributed by atoms with Crippen LogP contribution in [0.5, 0.6) is 0 Å². The van der Waals surface area contributed by atoms with Gasteiger partial charge in [0.25, 0.3) is 5.69 Å². The van der Waals surface area contributed by atoms with Crippen LogP contribution in [-0.2, 0) is 0 Å². The van der Waals surface area contributed by atoms with Crippen LogP contribution in [0.4, 0.5) is 5.69 Å². The molecular weight excluding hydrogens is 416 g/mol. The predicted octanol–water partition coefficient (Wildman–Crippen LogP) is 5.19. The van der Waals surface area contributed by atoms with Crippen molar-refractivity contribution in [2.75, 3.05) is 0 Å².